The van der Waals surface area contributed by atoms with E-state index in [2.05, 4.69) is 58.5 Å². The van der Waals surface area contributed by atoms with Gasteiger partial charge in [-0.3, -0.25) is 0 Å². The molecule has 1 aromatic carbocycles. The zero-order valence-electron chi connectivity index (χ0n) is 11.9. The van der Waals surface area contributed by atoms with E-state index in [1.54, 1.807) is 18.4 Å². The Morgan fingerprint density at radius 3 is 2.80 bits per heavy atom. The van der Waals surface area contributed by atoms with Gasteiger partial charge in [0.25, 0.3) is 0 Å². The highest BCUT2D eigenvalue weighted by atomic mass is 79.9. The first-order valence-electron chi connectivity index (χ1n) is 6.84. The summed E-state index contributed by atoms with van der Waals surface area (Å²) in [5.41, 5.74) is 1.29. The zero-order chi connectivity index (χ0) is 14.4. The topological polar surface area (TPSA) is 21.3 Å². The van der Waals surface area contributed by atoms with Crippen molar-refractivity contribution in [3.05, 3.63) is 50.6 Å². The number of thiophene rings is 1. The molecule has 20 heavy (non-hydrogen) atoms. The van der Waals surface area contributed by atoms with Gasteiger partial charge in [-0.15, -0.1) is 11.3 Å². The van der Waals surface area contributed by atoms with Crippen LogP contribution in [0.2, 0.25) is 0 Å². The third kappa shape index (κ3) is 4.33. The average molecular weight is 354 g/mol. The van der Waals surface area contributed by atoms with Crippen LogP contribution in [0.4, 0.5) is 0 Å². The molecule has 2 rings (SSSR count). The minimum Gasteiger partial charge on any atom is -0.497 e. The first-order chi connectivity index (χ1) is 9.72. The summed E-state index contributed by atoms with van der Waals surface area (Å²) in [6.07, 6.45) is 2.12. The van der Waals surface area contributed by atoms with Crippen molar-refractivity contribution >= 4 is 27.3 Å². The predicted molar refractivity (Wildman–Crippen MR) is 89.8 cm³/mol. The van der Waals surface area contributed by atoms with Crippen LogP contribution in [0.3, 0.4) is 0 Å². The molecule has 0 spiro atoms. The fourth-order valence-electron chi connectivity index (χ4n) is 2.14. The fraction of sp³-hybridized carbons (Fsp3) is 0.375. The van der Waals surface area contributed by atoms with Crippen LogP contribution in [-0.4, -0.2) is 13.7 Å². The molecular weight excluding hydrogens is 334 g/mol. The van der Waals surface area contributed by atoms with Crippen molar-refractivity contribution in [3.63, 3.8) is 0 Å². The van der Waals surface area contributed by atoms with Gasteiger partial charge in [-0.25, -0.2) is 0 Å². The van der Waals surface area contributed by atoms with Gasteiger partial charge in [0.05, 0.1) is 10.9 Å². The van der Waals surface area contributed by atoms with Crippen molar-refractivity contribution in [1.82, 2.24) is 5.32 Å². The molecule has 0 radical (unpaired) electrons. The molecule has 0 saturated carbocycles. The third-order valence-corrected chi connectivity index (χ3v) is 4.89. The van der Waals surface area contributed by atoms with Gasteiger partial charge in [0, 0.05) is 10.9 Å². The van der Waals surface area contributed by atoms with E-state index in [1.807, 2.05) is 6.07 Å². The number of hydrogen-bond donors (Lipinski definition) is 1. The minimum absolute atomic E-state index is 0.360. The molecule has 0 bridgehead atoms. The summed E-state index contributed by atoms with van der Waals surface area (Å²) in [6.45, 7) is 3.23. The van der Waals surface area contributed by atoms with Crippen LogP contribution in [0.1, 0.15) is 29.8 Å². The Morgan fingerprint density at radius 1 is 1.30 bits per heavy atom. The van der Waals surface area contributed by atoms with E-state index >= 15 is 0 Å². The van der Waals surface area contributed by atoms with Crippen LogP contribution < -0.4 is 10.1 Å². The summed E-state index contributed by atoms with van der Waals surface area (Å²) in [5, 5.41) is 3.63. The van der Waals surface area contributed by atoms with Gasteiger partial charge in [-0.1, -0.05) is 19.1 Å². The number of halogens is 1. The van der Waals surface area contributed by atoms with Gasteiger partial charge >= 0.3 is 0 Å². The predicted octanol–water partition coefficient (Wildman–Crippen LogP) is 4.80. The van der Waals surface area contributed by atoms with Crippen LogP contribution in [-0.2, 0) is 6.42 Å². The van der Waals surface area contributed by atoms with Crippen LogP contribution in [0.15, 0.2) is 40.2 Å². The molecule has 0 aliphatic heterocycles. The molecule has 0 fully saturated rings. The Morgan fingerprint density at radius 2 is 2.15 bits per heavy atom. The summed E-state index contributed by atoms with van der Waals surface area (Å²) in [5.74, 6) is 0.920. The van der Waals surface area contributed by atoms with Gasteiger partial charge < -0.3 is 10.1 Å². The maximum absolute atomic E-state index is 5.30. The summed E-state index contributed by atoms with van der Waals surface area (Å²) in [4.78, 5) is 1.37. The summed E-state index contributed by atoms with van der Waals surface area (Å²) < 4.78 is 6.48. The van der Waals surface area contributed by atoms with Crippen LogP contribution in [0.5, 0.6) is 5.75 Å². The van der Waals surface area contributed by atoms with Crippen molar-refractivity contribution in [2.75, 3.05) is 13.7 Å². The number of nitrogens with one attached hydrogen (secondary N) is 1. The maximum Gasteiger partial charge on any atom is 0.119 e. The number of benzene rings is 1. The lowest BCUT2D eigenvalue weighted by atomic mass is 10.0. The molecule has 0 amide bonds. The second-order valence-electron chi connectivity index (χ2n) is 4.70. The lowest BCUT2D eigenvalue weighted by Gasteiger charge is -2.17. The average Bonchev–Trinajstić information content (AvgIpc) is 2.90. The van der Waals surface area contributed by atoms with E-state index in [-0.39, 0.29) is 0 Å². The molecule has 1 aromatic heterocycles. The molecule has 1 atom stereocenters. The normalized spacial score (nSPS) is 12.3. The van der Waals surface area contributed by atoms with E-state index < -0.39 is 0 Å². The monoisotopic (exact) mass is 353 g/mol. The second-order valence-corrected chi connectivity index (χ2v) is 7.20. The molecular formula is C16H20BrNOS. The second kappa shape index (κ2) is 7.81. The highest BCUT2D eigenvalue weighted by Gasteiger charge is 2.14. The zero-order valence-corrected chi connectivity index (χ0v) is 14.3. The summed E-state index contributed by atoms with van der Waals surface area (Å²) in [7, 11) is 1.71. The molecule has 0 aliphatic rings. The van der Waals surface area contributed by atoms with Gasteiger partial charge in [0.1, 0.15) is 5.75 Å². The van der Waals surface area contributed by atoms with E-state index in [0.29, 0.717) is 6.04 Å². The van der Waals surface area contributed by atoms with Gasteiger partial charge in [-0.2, -0.15) is 0 Å². The quantitative estimate of drug-likeness (QED) is 0.771. The van der Waals surface area contributed by atoms with E-state index in [1.165, 1.54) is 14.2 Å². The first kappa shape index (κ1) is 15.5. The highest BCUT2D eigenvalue weighted by Crippen LogP contribution is 2.30. The molecule has 1 unspecified atom stereocenters. The lowest BCUT2D eigenvalue weighted by Crippen LogP contribution is -2.23. The van der Waals surface area contributed by atoms with Gasteiger partial charge in [-0.05, 0) is 65.1 Å². The molecule has 0 saturated heterocycles. The molecule has 1 N–H and O–H groups in total. The fourth-order valence-corrected chi connectivity index (χ4v) is 3.64. The Hall–Kier alpha value is -0.840. The number of ether oxygens (including phenoxy) is 1. The van der Waals surface area contributed by atoms with E-state index in [9.17, 15) is 0 Å². The SMILES string of the molecule is CCCNC(Cc1cccc(OC)c1)c1ccc(Br)s1. The van der Waals surface area contributed by atoms with Crippen molar-refractivity contribution in [2.45, 2.75) is 25.8 Å². The van der Waals surface area contributed by atoms with Crippen molar-refractivity contribution < 1.29 is 4.74 Å². The largest absolute Gasteiger partial charge is 0.497 e. The lowest BCUT2D eigenvalue weighted by molar-refractivity contribution is 0.414. The van der Waals surface area contributed by atoms with Crippen molar-refractivity contribution in [1.29, 1.82) is 0 Å². The smallest absolute Gasteiger partial charge is 0.119 e. The third-order valence-electron chi connectivity index (χ3n) is 3.15. The standard InChI is InChI=1S/C16H20BrNOS/c1-3-9-18-14(15-7-8-16(17)20-15)11-12-5-4-6-13(10-12)19-2/h4-8,10,14,18H,3,9,11H2,1-2H3. The minimum atomic E-state index is 0.360. The van der Waals surface area contributed by atoms with Crippen LogP contribution in [0.25, 0.3) is 0 Å². The van der Waals surface area contributed by atoms with Crippen molar-refractivity contribution in [2.24, 2.45) is 0 Å². The molecule has 4 heteroatoms. The molecule has 2 nitrogen and oxygen atoms in total. The molecule has 0 aliphatic carbocycles. The Balaban J connectivity index is 2.14. The summed E-state index contributed by atoms with van der Waals surface area (Å²) >= 11 is 5.35. The van der Waals surface area contributed by atoms with Gasteiger partial charge in [0.2, 0.25) is 0 Å². The van der Waals surface area contributed by atoms with Crippen LogP contribution in [0, 0.1) is 0 Å². The Kier molecular flexibility index (Phi) is 6.07. The molecule has 1 heterocycles. The van der Waals surface area contributed by atoms with E-state index in [0.717, 1.165) is 25.1 Å². The van der Waals surface area contributed by atoms with Crippen molar-refractivity contribution in [3.8, 4) is 5.75 Å². The number of methoxy groups -OCH3 is 1. The first-order valence-corrected chi connectivity index (χ1v) is 8.45. The van der Waals surface area contributed by atoms with E-state index in [4.69, 9.17) is 4.74 Å². The highest BCUT2D eigenvalue weighted by molar-refractivity contribution is 9.11. The Labute approximate surface area is 133 Å². The Bertz CT molecular complexity index is 541. The maximum atomic E-state index is 5.30. The van der Waals surface area contributed by atoms with Crippen LogP contribution >= 0.6 is 27.3 Å². The number of hydrogen-bond acceptors (Lipinski definition) is 3. The molecule has 108 valence electrons. The number of rotatable bonds is 7. The summed E-state index contributed by atoms with van der Waals surface area (Å²) in [6, 6.07) is 13.0. The molecule has 2 aromatic rings. The van der Waals surface area contributed by atoms with Gasteiger partial charge in [0.15, 0.2) is 0 Å².